The summed E-state index contributed by atoms with van der Waals surface area (Å²) >= 11 is 0. The number of nitrogens with zero attached hydrogens (tertiary/aromatic N) is 1. The number of hydrogen-bond donors (Lipinski definition) is 2. The summed E-state index contributed by atoms with van der Waals surface area (Å²) in [7, 11) is 0. The molecule has 1 heterocycles. The van der Waals surface area contributed by atoms with Gasteiger partial charge in [0.25, 0.3) is 0 Å². The third kappa shape index (κ3) is 4.53. The van der Waals surface area contributed by atoms with E-state index >= 15 is 0 Å². The van der Waals surface area contributed by atoms with Crippen molar-refractivity contribution in [1.82, 2.24) is 4.90 Å². The Balaban J connectivity index is 1.75. The van der Waals surface area contributed by atoms with Crippen LogP contribution in [0.3, 0.4) is 0 Å². The highest BCUT2D eigenvalue weighted by Crippen LogP contribution is 2.21. The van der Waals surface area contributed by atoms with Crippen molar-refractivity contribution in [3.05, 3.63) is 24.3 Å². The standard InChI is InChI=1S/C16H25N3O/c1-2-4-13-7-9-19(10-8-13)12-16(20)18-15-6-3-5-14(17)11-15/h3,5-6,11,13H,2,4,7-10,12,17H2,1H3,(H,18,20). The Labute approximate surface area is 121 Å². The van der Waals surface area contributed by atoms with E-state index in [0.29, 0.717) is 12.2 Å². The minimum Gasteiger partial charge on any atom is -0.399 e. The molecular formula is C16H25N3O. The van der Waals surface area contributed by atoms with Crippen LogP contribution in [0.1, 0.15) is 32.6 Å². The van der Waals surface area contributed by atoms with Crippen molar-refractivity contribution >= 4 is 17.3 Å². The van der Waals surface area contributed by atoms with Gasteiger partial charge in [-0.25, -0.2) is 0 Å². The fourth-order valence-corrected chi connectivity index (χ4v) is 2.86. The van der Waals surface area contributed by atoms with Crippen LogP contribution in [0.15, 0.2) is 24.3 Å². The molecule has 1 saturated heterocycles. The number of hydrogen-bond acceptors (Lipinski definition) is 3. The van der Waals surface area contributed by atoms with Gasteiger partial charge in [-0.1, -0.05) is 25.8 Å². The fourth-order valence-electron chi connectivity index (χ4n) is 2.86. The monoisotopic (exact) mass is 275 g/mol. The molecule has 1 aliphatic heterocycles. The SMILES string of the molecule is CCCC1CCN(CC(=O)Nc2cccc(N)c2)CC1. The van der Waals surface area contributed by atoms with E-state index in [-0.39, 0.29) is 5.91 Å². The molecule has 1 aromatic rings. The summed E-state index contributed by atoms with van der Waals surface area (Å²) in [4.78, 5) is 14.2. The predicted molar refractivity (Wildman–Crippen MR) is 83.6 cm³/mol. The molecule has 1 amide bonds. The molecule has 0 bridgehead atoms. The molecule has 3 N–H and O–H groups in total. The molecule has 4 heteroatoms. The zero-order valence-electron chi connectivity index (χ0n) is 12.3. The number of likely N-dealkylation sites (tertiary alicyclic amines) is 1. The van der Waals surface area contributed by atoms with Crippen molar-refractivity contribution < 1.29 is 4.79 Å². The molecule has 0 unspecified atom stereocenters. The molecular weight excluding hydrogens is 250 g/mol. The number of nitrogens with two attached hydrogens (primary N) is 1. The van der Waals surface area contributed by atoms with Crippen LogP contribution >= 0.6 is 0 Å². The summed E-state index contributed by atoms with van der Waals surface area (Å²) in [6.07, 6.45) is 5.03. The van der Waals surface area contributed by atoms with Crippen molar-refractivity contribution in [2.75, 3.05) is 30.7 Å². The molecule has 1 fully saturated rings. The van der Waals surface area contributed by atoms with E-state index in [1.54, 1.807) is 6.07 Å². The van der Waals surface area contributed by atoms with Gasteiger partial charge in [0.15, 0.2) is 0 Å². The molecule has 0 radical (unpaired) electrons. The van der Waals surface area contributed by atoms with Crippen molar-refractivity contribution in [3.8, 4) is 0 Å². The van der Waals surface area contributed by atoms with Gasteiger partial charge in [0.2, 0.25) is 5.91 Å². The van der Waals surface area contributed by atoms with Gasteiger partial charge in [-0.15, -0.1) is 0 Å². The Bertz CT molecular complexity index is 439. The van der Waals surface area contributed by atoms with E-state index in [9.17, 15) is 4.79 Å². The van der Waals surface area contributed by atoms with Gasteiger partial charge in [0.1, 0.15) is 0 Å². The maximum absolute atomic E-state index is 12.0. The highest BCUT2D eigenvalue weighted by Gasteiger charge is 2.20. The van der Waals surface area contributed by atoms with Gasteiger partial charge in [0.05, 0.1) is 6.54 Å². The summed E-state index contributed by atoms with van der Waals surface area (Å²) in [6, 6.07) is 7.31. The summed E-state index contributed by atoms with van der Waals surface area (Å²) in [5.74, 6) is 0.901. The number of carbonyl (C=O) groups is 1. The Kier molecular flexibility index (Phi) is 5.41. The first-order valence-corrected chi connectivity index (χ1v) is 7.55. The molecule has 0 saturated carbocycles. The summed E-state index contributed by atoms with van der Waals surface area (Å²) in [6.45, 7) is 4.79. The predicted octanol–water partition coefficient (Wildman–Crippen LogP) is 2.72. The number of piperidine rings is 1. The number of benzene rings is 1. The second-order valence-electron chi connectivity index (χ2n) is 5.68. The average Bonchev–Trinajstić information content (AvgIpc) is 2.41. The number of anilines is 2. The van der Waals surface area contributed by atoms with Crippen LogP contribution < -0.4 is 11.1 Å². The lowest BCUT2D eigenvalue weighted by Crippen LogP contribution is -2.39. The highest BCUT2D eigenvalue weighted by atomic mass is 16.2. The Morgan fingerprint density at radius 1 is 1.40 bits per heavy atom. The Hall–Kier alpha value is -1.55. The number of rotatable bonds is 5. The average molecular weight is 275 g/mol. The summed E-state index contributed by atoms with van der Waals surface area (Å²) in [5, 5.41) is 2.91. The van der Waals surface area contributed by atoms with E-state index in [1.807, 2.05) is 18.2 Å². The van der Waals surface area contributed by atoms with Crippen molar-refractivity contribution in [2.24, 2.45) is 5.92 Å². The lowest BCUT2D eigenvalue weighted by Gasteiger charge is -2.31. The molecule has 1 aromatic carbocycles. The topological polar surface area (TPSA) is 58.4 Å². The third-order valence-electron chi connectivity index (χ3n) is 3.94. The number of nitrogens with one attached hydrogen (secondary N) is 1. The van der Waals surface area contributed by atoms with Crippen molar-refractivity contribution in [2.45, 2.75) is 32.6 Å². The lowest BCUT2D eigenvalue weighted by molar-refractivity contribution is -0.117. The smallest absolute Gasteiger partial charge is 0.238 e. The fraction of sp³-hybridized carbons (Fsp3) is 0.562. The highest BCUT2D eigenvalue weighted by molar-refractivity contribution is 5.92. The van der Waals surface area contributed by atoms with Gasteiger partial charge in [-0.05, 0) is 50.0 Å². The first-order chi connectivity index (χ1) is 9.67. The normalized spacial score (nSPS) is 17.1. The molecule has 20 heavy (non-hydrogen) atoms. The van der Waals surface area contributed by atoms with Crippen LogP contribution in [0.25, 0.3) is 0 Å². The largest absolute Gasteiger partial charge is 0.399 e. The van der Waals surface area contributed by atoms with Crippen LogP contribution in [-0.4, -0.2) is 30.4 Å². The minimum atomic E-state index is 0.0459. The maximum atomic E-state index is 12.0. The van der Waals surface area contributed by atoms with Gasteiger partial charge >= 0.3 is 0 Å². The summed E-state index contributed by atoms with van der Waals surface area (Å²) in [5.41, 5.74) is 7.14. The lowest BCUT2D eigenvalue weighted by atomic mass is 9.92. The van der Waals surface area contributed by atoms with E-state index in [0.717, 1.165) is 24.7 Å². The third-order valence-corrected chi connectivity index (χ3v) is 3.94. The van der Waals surface area contributed by atoms with Crippen LogP contribution in [0.2, 0.25) is 0 Å². The molecule has 0 atom stereocenters. The van der Waals surface area contributed by atoms with Gasteiger partial charge in [0, 0.05) is 11.4 Å². The molecule has 4 nitrogen and oxygen atoms in total. The van der Waals surface area contributed by atoms with Crippen molar-refractivity contribution in [3.63, 3.8) is 0 Å². The Morgan fingerprint density at radius 2 is 2.15 bits per heavy atom. The van der Waals surface area contributed by atoms with Crippen LogP contribution in [-0.2, 0) is 4.79 Å². The second kappa shape index (κ2) is 7.29. The molecule has 1 aliphatic rings. The quantitative estimate of drug-likeness (QED) is 0.812. The van der Waals surface area contributed by atoms with Crippen molar-refractivity contribution in [1.29, 1.82) is 0 Å². The maximum Gasteiger partial charge on any atom is 0.238 e. The number of nitrogen functional groups attached to an aromatic ring is 1. The van der Waals surface area contributed by atoms with E-state index < -0.39 is 0 Å². The molecule has 0 aliphatic carbocycles. The van der Waals surface area contributed by atoms with E-state index in [1.165, 1.54) is 25.7 Å². The van der Waals surface area contributed by atoms with Crippen LogP contribution in [0.4, 0.5) is 11.4 Å². The second-order valence-corrected chi connectivity index (χ2v) is 5.68. The van der Waals surface area contributed by atoms with Gasteiger partial charge in [-0.3, -0.25) is 9.69 Å². The first kappa shape index (κ1) is 14.9. The van der Waals surface area contributed by atoms with E-state index in [2.05, 4.69) is 17.1 Å². The van der Waals surface area contributed by atoms with Crippen LogP contribution in [0, 0.1) is 5.92 Å². The molecule has 0 aromatic heterocycles. The summed E-state index contributed by atoms with van der Waals surface area (Å²) < 4.78 is 0. The minimum absolute atomic E-state index is 0.0459. The molecule has 0 spiro atoms. The first-order valence-electron chi connectivity index (χ1n) is 7.55. The van der Waals surface area contributed by atoms with Crippen LogP contribution in [0.5, 0.6) is 0 Å². The molecule has 110 valence electrons. The van der Waals surface area contributed by atoms with E-state index in [4.69, 9.17) is 5.73 Å². The zero-order valence-corrected chi connectivity index (χ0v) is 12.3. The Morgan fingerprint density at radius 3 is 2.80 bits per heavy atom. The van der Waals surface area contributed by atoms with Gasteiger partial charge in [-0.2, -0.15) is 0 Å². The zero-order chi connectivity index (χ0) is 14.4. The number of amides is 1. The number of carbonyl (C=O) groups excluding carboxylic acids is 1. The van der Waals surface area contributed by atoms with Gasteiger partial charge < -0.3 is 11.1 Å². The molecule has 2 rings (SSSR count).